The van der Waals surface area contributed by atoms with Gasteiger partial charge >= 0.3 is 5.97 Å². The molecule has 0 spiro atoms. The minimum atomic E-state index is -0.629. The Kier molecular flexibility index (Phi) is 8.49. The molecule has 2 aliphatic rings. The summed E-state index contributed by atoms with van der Waals surface area (Å²) in [6, 6.07) is 17.6. The number of esters is 1. The molecule has 2 saturated heterocycles. The molecule has 8 heteroatoms. The van der Waals surface area contributed by atoms with E-state index in [9.17, 15) is 19.2 Å². The largest absolute Gasteiger partial charge is 0.459 e. The summed E-state index contributed by atoms with van der Waals surface area (Å²) >= 11 is 0. The van der Waals surface area contributed by atoms with Crippen molar-refractivity contribution in [3.05, 3.63) is 65.7 Å². The van der Waals surface area contributed by atoms with Crippen LogP contribution < -0.4 is 4.90 Å². The number of carbonyl (C=O) groups is 4. The van der Waals surface area contributed by atoms with Gasteiger partial charge in [0.1, 0.15) is 13.2 Å². The van der Waals surface area contributed by atoms with Crippen LogP contribution in [0.4, 0.5) is 5.69 Å². The van der Waals surface area contributed by atoms with E-state index in [-0.39, 0.29) is 43.1 Å². The number of likely N-dealkylation sites (tertiary alicyclic amines) is 1. The number of amides is 3. The van der Waals surface area contributed by atoms with Crippen LogP contribution in [0.1, 0.15) is 51.2 Å². The van der Waals surface area contributed by atoms with Crippen LogP contribution in [0.5, 0.6) is 0 Å². The highest BCUT2D eigenvalue weighted by Gasteiger charge is 2.36. The molecule has 4 rings (SSSR count). The number of para-hydroxylation sites is 1. The topological polar surface area (TPSA) is 87.2 Å². The second kappa shape index (κ2) is 11.8. The maximum atomic E-state index is 13.0. The van der Waals surface area contributed by atoms with Crippen LogP contribution in [0.25, 0.3) is 0 Å². The molecule has 0 atom stereocenters. The molecule has 8 nitrogen and oxygen atoms in total. The molecule has 3 amide bonds. The molecule has 2 fully saturated rings. The fourth-order valence-corrected chi connectivity index (χ4v) is 5.12. The van der Waals surface area contributed by atoms with Gasteiger partial charge in [0.05, 0.1) is 0 Å². The van der Waals surface area contributed by atoms with E-state index in [1.165, 1.54) is 11.3 Å². The monoisotopic (exact) mass is 519 g/mol. The maximum Gasteiger partial charge on any atom is 0.326 e. The number of hydrogen-bond acceptors (Lipinski definition) is 6. The van der Waals surface area contributed by atoms with E-state index >= 15 is 0 Å². The molecule has 2 aromatic rings. The van der Waals surface area contributed by atoms with E-state index in [0.717, 1.165) is 23.6 Å². The summed E-state index contributed by atoms with van der Waals surface area (Å²) in [7, 11) is 0. The zero-order valence-electron chi connectivity index (χ0n) is 22.5. The van der Waals surface area contributed by atoms with E-state index in [4.69, 9.17) is 4.74 Å². The van der Waals surface area contributed by atoms with E-state index < -0.39 is 24.3 Å². The Morgan fingerprint density at radius 3 is 2.11 bits per heavy atom. The molecule has 2 aromatic carbocycles. The highest BCUT2D eigenvalue weighted by Crippen LogP contribution is 2.32. The number of rotatable bonds is 7. The first-order chi connectivity index (χ1) is 18.1. The Bertz CT molecular complexity index is 1150. The van der Waals surface area contributed by atoms with Gasteiger partial charge in [-0.3, -0.25) is 24.1 Å². The van der Waals surface area contributed by atoms with Gasteiger partial charge in [-0.2, -0.15) is 0 Å². The van der Waals surface area contributed by atoms with Gasteiger partial charge in [0.15, 0.2) is 0 Å². The third kappa shape index (κ3) is 6.79. The zero-order valence-corrected chi connectivity index (χ0v) is 22.5. The van der Waals surface area contributed by atoms with Gasteiger partial charge in [-0.05, 0) is 28.5 Å². The molecule has 0 bridgehead atoms. The van der Waals surface area contributed by atoms with Crippen molar-refractivity contribution in [1.29, 1.82) is 0 Å². The molecule has 0 radical (unpaired) electrons. The minimum Gasteiger partial charge on any atom is -0.459 e. The van der Waals surface area contributed by atoms with E-state index in [1.54, 1.807) is 0 Å². The molecule has 0 aliphatic carbocycles. The van der Waals surface area contributed by atoms with Gasteiger partial charge in [-0.1, -0.05) is 69.3 Å². The first-order valence-electron chi connectivity index (χ1n) is 13.3. The number of anilines is 1. The number of benzene rings is 2. The van der Waals surface area contributed by atoms with E-state index in [2.05, 4.69) is 43.9 Å². The van der Waals surface area contributed by atoms with Crippen LogP contribution in [0, 0.1) is 5.92 Å². The quantitative estimate of drug-likeness (QED) is 0.411. The van der Waals surface area contributed by atoms with Crippen molar-refractivity contribution in [3.8, 4) is 0 Å². The van der Waals surface area contributed by atoms with Crippen molar-refractivity contribution in [2.45, 2.75) is 52.1 Å². The molecular formula is C30H37N3O5. The van der Waals surface area contributed by atoms with Crippen LogP contribution >= 0.6 is 0 Å². The fourth-order valence-electron chi connectivity index (χ4n) is 5.12. The Labute approximate surface area is 224 Å². The van der Waals surface area contributed by atoms with Crippen LogP contribution in [-0.2, 0) is 35.9 Å². The second-order valence-electron chi connectivity index (χ2n) is 11.1. The summed E-state index contributed by atoms with van der Waals surface area (Å²) in [5.41, 5.74) is 3.34. The number of piperazine rings is 1. The first kappa shape index (κ1) is 27.4. The standard InChI is InChI=1S/C30H37N3O5/c1-30(2,3)24-11-7-8-12-25(24)31-13-15-32(16-14-31)26(34)17-23-18-27(35)33(28(36)19-23)20-29(37)38-21-22-9-5-4-6-10-22/h4-12,23H,13-21H2,1-3H3. The average Bonchev–Trinajstić information content (AvgIpc) is 2.90. The number of imide groups is 1. The number of piperidine rings is 1. The Balaban J connectivity index is 1.24. The van der Waals surface area contributed by atoms with Crippen LogP contribution in [0.3, 0.4) is 0 Å². The number of ether oxygens (including phenoxy) is 1. The van der Waals surface area contributed by atoms with Gasteiger partial charge < -0.3 is 14.5 Å². The van der Waals surface area contributed by atoms with Crippen LogP contribution in [-0.4, -0.2) is 66.2 Å². The van der Waals surface area contributed by atoms with Crippen molar-refractivity contribution in [3.63, 3.8) is 0 Å². The van der Waals surface area contributed by atoms with Gasteiger partial charge in [-0.25, -0.2) is 0 Å². The SMILES string of the molecule is CC(C)(C)c1ccccc1N1CCN(C(=O)CC2CC(=O)N(CC(=O)OCc3ccccc3)C(=O)C2)CC1. The molecule has 2 aliphatic heterocycles. The molecule has 0 unspecified atom stereocenters. The summed E-state index contributed by atoms with van der Waals surface area (Å²) in [5, 5.41) is 0. The molecular weight excluding hydrogens is 482 g/mol. The molecule has 202 valence electrons. The lowest BCUT2D eigenvalue weighted by Gasteiger charge is -2.39. The number of nitrogens with zero attached hydrogens (tertiary/aromatic N) is 3. The Morgan fingerprint density at radius 1 is 0.868 bits per heavy atom. The molecule has 0 N–H and O–H groups in total. The second-order valence-corrected chi connectivity index (χ2v) is 11.1. The fraction of sp³-hybridized carbons (Fsp3) is 0.467. The van der Waals surface area contributed by atoms with Gasteiger partial charge in [0.2, 0.25) is 17.7 Å². The molecule has 0 aromatic heterocycles. The van der Waals surface area contributed by atoms with Crippen molar-refractivity contribution in [2.75, 3.05) is 37.6 Å². The highest BCUT2D eigenvalue weighted by molar-refractivity contribution is 6.00. The lowest BCUT2D eigenvalue weighted by molar-refractivity contribution is -0.159. The van der Waals surface area contributed by atoms with Crippen molar-refractivity contribution in [1.82, 2.24) is 9.80 Å². The molecule has 38 heavy (non-hydrogen) atoms. The van der Waals surface area contributed by atoms with Crippen molar-refractivity contribution < 1.29 is 23.9 Å². The maximum absolute atomic E-state index is 13.0. The molecule has 2 heterocycles. The summed E-state index contributed by atoms with van der Waals surface area (Å²) in [6.45, 7) is 8.97. The van der Waals surface area contributed by atoms with E-state index in [1.807, 2.05) is 41.3 Å². The van der Waals surface area contributed by atoms with Crippen molar-refractivity contribution >= 4 is 29.4 Å². The lowest BCUT2D eigenvalue weighted by atomic mass is 9.85. The number of hydrogen-bond donors (Lipinski definition) is 0. The number of carbonyl (C=O) groups excluding carboxylic acids is 4. The van der Waals surface area contributed by atoms with E-state index in [0.29, 0.717) is 13.1 Å². The average molecular weight is 520 g/mol. The van der Waals surface area contributed by atoms with Crippen LogP contribution in [0.2, 0.25) is 0 Å². The van der Waals surface area contributed by atoms with Gasteiger partial charge in [0.25, 0.3) is 0 Å². The third-order valence-electron chi connectivity index (χ3n) is 7.21. The summed E-state index contributed by atoms with van der Waals surface area (Å²) in [4.78, 5) is 55.7. The summed E-state index contributed by atoms with van der Waals surface area (Å²) in [5.74, 6) is -1.87. The lowest BCUT2D eigenvalue weighted by Crippen LogP contribution is -2.50. The molecule has 0 saturated carbocycles. The van der Waals surface area contributed by atoms with Gasteiger partial charge in [0, 0.05) is 51.1 Å². The normalized spacial score (nSPS) is 17.1. The van der Waals surface area contributed by atoms with Crippen molar-refractivity contribution in [2.24, 2.45) is 5.92 Å². The summed E-state index contributed by atoms with van der Waals surface area (Å²) < 4.78 is 5.21. The third-order valence-corrected chi connectivity index (χ3v) is 7.21. The van der Waals surface area contributed by atoms with Crippen LogP contribution in [0.15, 0.2) is 54.6 Å². The Hall–Kier alpha value is -3.68. The predicted octanol–water partition coefficient (Wildman–Crippen LogP) is 3.53. The minimum absolute atomic E-state index is 0.0239. The first-order valence-corrected chi connectivity index (χ1v) is 13.3. The Morgan fingerprint density at radius 2 is 1.47 bits per heavy atom. The smallest absolute Gasteiger partial charge is 0.326 e. The van der Waals surface area contributed by atoms with Gasteiger partial charge in [-0.15, -0.1) is 0 Å². The summed E-state index contributed by atoms with van der Waals surface area (Å²) in [6.07, 6.45) is 0.299. The zero-order chi connectivity index (χ0) is 27.3. The predicted molar refractivity (Wildman–Crippen MR) is 144 cm³/mol. The highest BCUT2D eigenvalue weighted by atomic mass is 16.5.